The van der Waals surface area contributed by atoms with E-state index in [1.165, 1.54) is 15.9 Å². The average molecular weight is 518 g/mol. The van der Waals surface area contributed by atoms with E-state index in [1.807, 2.05) is 16.4 Å². The van der Waals surface area contributed by atoms with Crippen LogP contribution in [0.3, 0.4) is 0 Å². The van der Waals surface area contributed by atoms with Crippen LogP contribution in [-0.4, -0.2) is 83.1 Å². The first-order chi connectivity index (χ1) is 15.5. The van der Waals surface area contributed by atoms with Crippen LogP contribution in [0, 0.1) is 5.82 Å². The van der Waals surface area contributed by atoms with E-state index in [-0.39, 0.29) is 35.8 Å². The second kappa shape index (κ2) is 12.7. The van der Waals surface area contributed by atoms with Crippen molar-refractivity contribution in [2.75, 3.05) is 77.5 Å². The summed E-state index contributed by atoms with van der Waals surface area (Å²) in [5.41, 5.74) is 0.827. The number of pyridine rings is 1. The third kappa shape index (κ3) is 6.20. The number of piperazine rings is 1. The third-order valence-corrected chi connectivity index (χ3v) is 6.66. The summed E-state index contributed by atoms with van der Waals surface area (Å²) in [6.45, 7) is 10.6. The predicted octanol–water partition coefficient (Wildman–Crippen LogP) is -7.85. The molecule has 190 valence electrons. The minimum absolute atomic E-state index is 0. The van der Waals surface area contributed by atoms with Gasteiger partial charge in [0, 0.05) is 18.1 Å². The van der Waals surface area contributed by atoms with Crippen LogP contribution < -0.4 is 50.3 Å². The summed E-state index contributed by atoms with van der Waals surface area (Å²) in [5.74, 6) is -0.816. The summed E-state index contributed by atoms with van der Waals surface area (Å²) in [7, 11) is 2.14. The first kappa shape index (κ1) is 28.3. The molecule has 2 saturated heterocycles. The van der Waals surface area contributed by atoms with Gasteiger partial charge in [0.25, 0.3) is 5.91 Å². The molecule has 0 spiro atoms. The number of ether oxygens (including phenoxy) is 1. The molecule has 0 saturated carbocycles. The van der Waals surface area contributed by atoms with Gasteiger partial charge in [-0.05, 0) is 19.1 Å². The molecule has 0 radical (unpaired) electrons. The normalized spacial score (nSPS) is 17.2. The van der Waals surface area contributed by atoms with Gasteiger partial charge in [-0.2, -0.15) is 0 Å². The maximum atomic E-state index is 15.0. The number of fused-ring (bicyclic) bond motifs is 1. The monoisotopic (exact) mass is 517 g/mol. The van der Waals surface area contributed by atoms with Crippen molar-refractivity contribution >= 4 is 22.5 Å². The van der Waals surface area contributed by atoms with Gasteiger partial charge in [0.2, 0.25) is 5.43 Å². The van der Waals surface area contributed by atoms with Gasteiger partial charge in [-0.1, -0.05) is 0 Å². The quantitative estimate of drug-likeness (QED) is 0.356. The molecule has 8 nitrogen and oxygen atoms in total. The van der Waals surface area contributed by atoms with Crippen LogP contribution >= 0.6 is 0 Å². The molecule has 11 heteroatoms. The Bertz CT molecular complexity index is 1040. The molecular formula is C23H34Cl2FN5O3. The molecule has 0 unspecified atom stereocenters. The summed E-state index contributed by atoms with van der Waals surface area (Å²) < 4.78 is 22.3. The van der Waals surface area contributed by atoms with E-state index in [4.69, 9.17) is 4.74 Å². The van der Waals surface area contributed by atoms with E-state index in [0.717, 1.165) is 59.0 Å². The third-order valence-electron chi connectivity index (χ3n) is 6.66. The number of hydrogen-bond acceptors (Lipinski definition) is 4. The number of aryl methyl sites for hydroxylation is 1. The number of nitrogens with one attached hydrogen (secondary N) is 3. The van der Waals surface area contributed by atoms with Crippen molar-refractivity contribution in [1.29, 1.82) is 0 Å². The molecule has 2 aliphatic rings. The summed E-state index contributed by atoms with van der Waals surface area (Å²) in [6, 6.07) is 3.07. The van der Waals surface area contributed by atoms with E-state index >= 15 is 4.39 Å². The summed E-state index contributed by atoms with van der Waals surface area (Å²) in [5, 5.41) is 3.12. The standard InChI is InChI=1S/C23H32FN5O3.2ClH/c1-3-28-16-18(23(31)25-4-5-27-10-12-32-13-11-27)22(30)17-14-19(24)21(15-20(17)28)29-8-6-26(2)7-9-29;;/h14-16H,3-13H2,1-2H3,(H,25,31);2*1H. The molecule has 2 aromatic rings. The van der Waals surface area contributed by atoms with Crippen molar-refractivity contribution in [1.82, 2.24) is 9.88 Å². The zero-order valence-corrected chi connectivity index (χ0v) is 21.3. The fraction of sp³-hybridized carbons (Fsp3) is 0.565. The van der Waals surface area contributed by atoms with Crippen LogP contribution in [0.25, 0.3) is 10.9 Å². The lowest BCUT2D eigenvalue weighted by molar-refractivity contribution is -0.906. The lowest BCUT2D eigenvalue weighted by Gasteiger charge is -2.32. The second-order valence-corrected chi connectivity index (χ2v) is 8.79. The number of amides is 1. The van der Waals surface area contributed by atoms with Crippen LogP contribution in [0.15, 0.2) is 23.1 Å². The predicted molar refractivity (Wildman–Crippen MR) is 121 cm³/mol. The van der Waals surface area contributed by atoms with E-state index in [0.29, 0.717) is 24.3 Å². The van der Waals surface area contributed by atoms with Gasteiger partial charge < -0.3 is 54.1 Å². The Hall–Kier alpha value is -1.91. The lowest BCUT2D eigenvalue weighted by atomic mass is 10.1. The molecule has 4 rings (SSSR count). The molecule has 2 fully saturated rings. The molecule has 3 heterocycles. The Labute approximate surface area is 211 Å². The fourth-order valence-electron chi connectivity index (χ4n) is 4.55. The van der Waals surface area contributed by atoms with Crippen molar-refractivity contribution < 1.29 is 48.5 Å². The summed E-state index contributed by atoms with van der Waals surface area (Å²) >= 11 is 0. The number of rotatable bonds is 6. The molecule has 0 atom stereocenters. The number of carbonyl (C=O) groups is 1. The summed E-state index contributed by atoms with van der Waals surface area (Å²) in [6.07, 6.45) is 1.61. The maximum Gasteiger partial charge on any atom is 0.256 e. The van der Waals surface area contributed by atoms with Gasteiger partial charge in [-0.3, -0.25) is 9.59 Å². The topological polar surface area (TPSA) is 72.5 Å². The Balaban J connectivity index is 0.00000204. The van der Waals surface area contributed by atoms with Gasteiger partial charge in [0.05, 0.1) is 70.7 Å². The van der Waals surface area contributed by atoms with E-state index < -0.39 is 17.2 Å². The second-order valence-electron chi connectivity index (χ2n) is 8.79. The largest absolute Gasteiger partial charge is 1.00 e. The van der Waals surface area contributed by atoms with Gasteiger partial charge in [0.1, 0.15) is 24.5 Å². The number of quaternary nitrogens is 2. The number of hydrogen-bond donors (Lipinski definition) is 3. The van der Waals surface area contributed by atoms with Crippen LogP contribution in [0.4, 0.5) is 10.1 Å². The van der Waals surface area contributed by atoms with Gasteiger partial charge in [0.15, 0.2) is 0 Å². The maximum absolute atomic E-state index is 15.0. The Morgan fingerprint density at radius 1 is 1.15 bits per heavy atom. The highest BCUT2D eigenvalue weighted by Crippen LogP contribution is 2.25. The number of carbonyl (C=O) groups excluding carboxylic acids is 1. The molecule has 3 N–H and O–H groups in total. The number of benzene rings is 1. The lowest BCUT2D eigenvalue weighted by Crippen LogP contribution is -3.14. The Morgan fingerprint density at radius 2 is 1.82 bits per heavy atom. The zero-order valence-electron chi connectivity index (χ0n) is 19.8. The molecular weight excluding hydrogens is 484 g/mol. The number of aromatic nitrogens is 1. The number of nitrogens with zero attached hydrogens (tertiary/aromatic N) is 2. The molecule has 1 aromatic carbocycles. The van der Waals surface area contributed by atoms with Crippen molar-refractivity contribution in [3.05, 3.63) is 39.9 Å². The van der Waals surface area contributed by atoms with Gasteiger partial charge in [-0.25, -0.2) is 4.39 Å². The van der Waals surface area contributed by atoms with E-state index in [2.05, 4.69) is 12.4 Å². The zero-order chi connectivity index (χ0) is 22.7. The van der Waals surface area contributed by atoms with Crippen molar-refractivity contribution in [2.45, 2.75) is 13.5 Å². The van der Waals surface area contributed by atoms with Crippen LogP contribution in [0.2, 0.25) is 0 Å². The first-order valence-corrected chi connectivity index (χ1v) is 11.6. The Morgan fingerprint density at radius 3 is 2.47 bits per heavy atom. The summed E-state index contributed by atoms with van der Waals surface area (Å²) in [4.78, 5) is 30.7. The first-order valence-electron chi connectivity index (χ1n) is 11.6. The molecule has 1 aromatic heterocycles. The Kier molecular flexibility index (Phi) is 10.6. The SMILES string of the molecule is CCn1cc(C(=O)NCC[NH+]2CCOCC2)c(=O)c2cc(F)c(N3CC[NH+](C)CC3)cc21.[Cl-].[Cl-]. The van der Waals surface area contributed by atoms with Crippen molar-refractivity contribution in [3.8, 4) is 0 Å². The van der Waals surface area contributed by atoms with Crippen LogP contribution in [0.1, 0.15) is 17.3 Å². The fourth-order valence-corrected chi connectivity index (χ4v) is 4.55. The van der Waals surface area contributed by atoms with Gasteiger partial charge >= 0.3 is 0 Å². The number of morpholine rings is 1. The number of likely N-dealkylation sites (N-methyl/N-ethyl adjacent to an activating group) is 1. The number of halogens is 3. The van der Waals surface area contributed by atoms with Crippen LogP contribution in [0.5, 0.6) is 0 Å². The van der Waals surface area contributed by atoms with E-state index in [1.54, 1.807) is 12.3 Å². The smallest absolute Gasteiger partial charge is 0.256 e. The average Bonchev–Trinajstić information content (AvgIpc) is 2.80. The molecule has 0 aliphatic carbocycles. The van der Waals surface area contributed by atoms with E-state index in [9.17, 15) is 9.59 Å². The molecule has 0 bridgehead atoms. The van der Waals surface area contributed by atoms with Crippen molar-refractivity contribution in [2.24, 2.45) is 0 Å². The molecule has 1 amide bonds. The number of anilines is 1. The molecule has 2 aliphatic heterocycles. The van der Waals surface area contributed by atoms with Gasteiger partial charge in [-0.15, -0.1) is 0 Å². The van der Waals surface area contributed by atoms with Crippen molar-refractivity contribution in [3.63, 3.8) is 0 Å². The highest BCUT2D eigenvalue weighted by molar-refractivity contribution is 5.97. The molecule has 34 heavy (non-hydrogen) atoms. The minimum atomic E-state index is -0.422. The minimum Gasteiger partial charge on any atom is -1.00 e. The highest BCUT2D eigenvalue weighted by atomic mass is 35.5. The highest BCUT2D eigenvalue weighted by Gasteiger charge is 2.23. The van der Waals surface area contributed by atoms with Crippen LogP contribution in [-0.2, 0) is 11.3 Å².